The standard InChI is InChI=1S/C18H21ClN2O5/c1-10-14(18(24)25-2)15(11-5-3-4-6-12(11)19)16(17(22)23)13(21-10)9-26-8-7-20/h3-6,14-15H,7-9,20H2,1-2H3,(H,22,23). The lowest BCUT2D eigenvalue weighted by molar-refractivity contribution is -0.143. The van der Waals surface area contributed by atoms with E-state index in [1.165, 1.54) is 7.11 Å². The van der Waals surface area contributed by atoms with Gasteiger partial charge in [0, 0.05) is 23.2 Å². The van der Waals surface area contributed by atoms with E-state index in [4.69, 9.17) is 26.8 Å². The zero-order valence-electron chi connectivity index (χ0n) is 14.6. The molecule has 2 unspecified atom stereocenters. The molecule has 0 aliphatic carbocycles. The summed E-state index contributed by atoms with van der Waals surface area (Å²) in [6.45, 7) is 2.21. The van der Waals surface area contributed by atoms with Crippen molar-refractivity contribution in [3.63, 3.8) is 0 Å². The van der Waals surface area contributed by atoms with Gasteiger partial charge in [0.15, 0.2) is 0 Å². The SMILES string of the molecule is COC(=O)C1C(C)=NC(COCCN)=C(C(=O)O)C1c1ccccc1Cl. The summed E-state index contributed by atoms with van der Waals surface area (Å²) in [5.74, 6) is -3.48. The van der Waals surface area contributed by atoms with Crippen LogP contribution in [0.25, 0.3) is 0 Å². The van der Waals surface area contributed by atoms with Crippen molar-refractivity contribution in [1.82, 2.24) is 0 Å². The molecule has 1 heterocycles. The molecule has 26 heavy (non-hydrogen) atoms. The quantitative estimate of drug-likeness (QED) is 0.552. The molecule has 0 spiro atoms. The minimum Gasteiger partial charge on any atom is -0.478 e. The topological polar surface area (TPSA) is 111 Å². The van der Waals surface area contributed by atoms with Crippen molar-refractivity contribution in [1.29, 1.82) is 0 Å². The first kappa shape index (κ1) is 20.1. The number of aliphatic carboxylic acids is 1. The summed E-state index contributed by atoms with van der Waals surface area (Å²) in [5.41, 5.74) is 6.59. The van der Waals surface area contributed by atoms with Crippen LogP contribution in [-0.2, 0) is 19.1 Å². The molecule has 0 radical (unpaired) electrons. The lowest BCUT2D eigenvalue weighted by Gasteiger charge is -2.31. The minimum atomic E-state index is -1.19. The van der Waals surface area contributed by atoms with Crippen molar-refractivity contribution >= 4 is 29.3 Å². The zero-order chi connectivity index (χ0) is 19.3. The van der Waals surface area contributed by atoms with E-state index in [1.54, 1.807) is 31.2 Å². The van der Waals surface area contributed by atoms with E-state index in [-0.39, 0.29) is 24.5 Å². The van der Waals surface area contributed by atoms with Gasteiger partial charge in [-0.2, -0.15) is 0 Å². The highest BCUT2D eigenvalue weighted by Gasteiger charge is 2.43. The van der Waals surface area contributed by atoms with Gasteiger partial charge in [-0.3, -0.25) is 9.79 Å². The van der Waals surface area contributed by atoms with Gasteiger partial charge in [0.05, 0.1) is 31.6 Å². The third-order valence-corrected chi connectivity index (χ3v) is 4.49. The fourth-order valence-corrected chi connectivity index (χ4v) is 3.30. The van der Waals surface area contributed by atoms with Crippen molar-refractivity contribution in [2.45, 2.75) is 12.8 Å². The molecule has 0 amide bonds. The summed E-state index contributed by atoms with van der Waals surface area (Å²) in [6, 6.07) is 6.82. The third kappa shape index (κ3) is 4.12. The second kappa shape index (κ2) is 8.93. The number of carbonyl (C=O) groups is 2. The van der Waals surface area contributed by atoms with E-state index in [0.717, 1.165) is 0 Å². The van der Waals surface area contributed by atoms with Crippen molar-refractivity contribution in [3.8, 4) is 0 Å². The van der Waals surface area contributed by atoms with Gasteiger partial charge >= 0.3 is 11.9 Å². The molecule has 140 valence electrons. The Labute approximate surface area is 156 Å². The molecule has 1 aromatic carbocycles. The molecule has 0 aromatic heterocycles. The average Bonchev–Trinajstić information content (AvgIpc) is 2.61. The van der Waals surface area contributed by atoms with Gasteiger partial charge < -0.3 is 20.3 Å². The number of methoxy groups -OCH3 is 1. The number of hydrogen-bond acceptors (Lipinski definition) is 6. The minimum absolute atomic E-state index is 0.0228. The molecule has 0 saturated heterocycles. The fourth-order valence-electron chi connectivity index (χ4n) is 3.04. The van der Waals surface area contributed by atoms with Crippen molar-refractivity contribution in [2.24, 2.45) is 16.6 Å². The fraction of sp³-hybridized carbons (Fsp3) is 0.389. The molecule has 1 aliphatic rings. The van der Waals surface area contributed by atoms with E-state index >= 15 is 0 Å². The molecule has 2 atom stereocenters. The summed E-state index contributed by atoms with van der Waals surface area (Å²) >= 11 is 6.31. The van der Waals surface area contributed by atoms with Crippen LogP contribution >= 0.6 is 11.6 Å². The normalized spacial score (nSPS) is 19.9. The van der Waals surface area contributed by atoms with Gasteiger partial charge in [-0.05, 0) is 18.6 Å². The number of hydrogen-bond donors (Lipinski definition) is 2. The van der Waals surface area contributed by atoms with Crippen LogP contribution in [0.5, 0.6) is 0 Å². The largest absolute Gasteiger partial charge is 0.478 e. The molecular formula is C18H21ClN2O5. The summed E-state index contributed by atoms with van der Waals surface area (Å²) in [7, 11) is 1.25. The summed E-state index contributed by atoms with van der Waals surface area (Å²) in [6.07, 6.45) is 0. The summed E-state index contributed by atoms with van der Waals surface area (Å²) in [4.78, 5) is 28.8. The van der Waals surface area contributed by atoms with E-state index in [0.29, 0.717) is 22.8 Å². The van der Waals surface area contributed by atoms with Crippen LogP contribution in [0.2, 0.25) is 5.02 Å². The summed E-state index contributed by atoms with van der Waals surface area (Å²) in [5, 5.41) is 10.2. The first-order valence-electron chi connectivity index (χ1n) is 8.03. The Kier molecular flexibility index (Phi) is 6.90. The van der Waals surface area contributed by atoms with Crippen LogP contribution in [0.4, 0.5) is 0 Å². The number of esters is 1. The van der Waals surface area contributed by atoms with Crippen molar-refractivity contribution in [2.75, 3.05) is 26.9 Å². The molecular weight excluding hydrogens is 360 g/mol. The number of aliphatic imine (C=N–C) groups is 1. The van der Waals surface area contributed by atoms with Gasteiger partial charge in [0.25, 0.3) is 0 Å². The molecule has 7 nitrogen and oxygen atoms in total. The smallest absolute Gasteiger partial charge is 0.334 e. The maximum Gasteiger partial charge on any atom is 0.334 e. The van der Waals surface area contributed by atoms with Crippen LogP contribution in [0.15, 0.2) is 40.5 Å². The Balaban J connectivity index is 2.64. The highest BCUT2D eigenvalue weighted by atomic mass is 35.5. The number of carboxylic acids is 1. The number of benzene rings is 1. The van der Waals surface area contributed by atoms with Crippen molar-refractivity contribution < 1.29 is 24.2 Å². The third-order valence-electron chi connectivity index (χ3n) is 4.14. The molecule has 0 bridgehead atoms. The molecule has 1 aliphatic heterocycles. The predicted molar refractivity (Wildman–Crippen MR) is 97.3 cm³/mol. The van der Waals surface area contributed by atoms with E-state index in [1.807, 2.05) is 0 Å². The van der Waals surface area contributed by atoms with E-state index < -0.39 is 23.8 Å². The molecule has 0 fully saturated rings. The van der Waals surface area contributed by atoms with Gasteiger partial charge in [-0.25, -0.2) is 4.79 Å². The monoisotopic (exact) mass is 380 g/mol. The Morgan fingerprint density at radius 1 is 1.35 bits per heavy atom. The Hall–Kier alpha value is -2.22. The lowest BCUT2D eigenvalue weighted by atomic mass is 9.75. The number of carbonyl (C=O) groups excluding carboxylic acids is 1. The number of nitrogens with two attached hydrogens (primary N) is 1. The number of ether oxygens (including phenoxy) is 2. The number of nitrogens with zero attached hydrogens (tertiary/aromatic N) is 1. The zero-order valence-corrected chi connectivity index (χ0v) is 15.3. The second-order valence-corrected chi connectivity index (χ2v) is 6.17. The second-order valence-electron chi connectivity index (χ2n) is 5.76. The highest BCUT2D eigenvalue weighted by molar-refractivity contribution is 6.31. The van der Waals surface area contributed by atoms with Crippen molar-refractivity contribution in [3.05, 3.63) is 46.1 Å². The Morgan fingerprint density at radius 2 is 2.04 bits per heavy atom. The molecule has 3 N–H and O–H groups in total. The molecule has 0 saturated carbocycles. The maximum atomic E-state index is 12.4. The van der Waals surface area contributed by atoms with Gasteiger partial charge in [-0.15, -0.1) is 0 Å². The van der Waals surface area contributed by atoms with Crippen LogP contribution < -0.4 is 5.73 Å². The van der Waals surface area contributed by atoms with Crippen LogP contribution in [-0.4, -0.2) is 49.6 Å². The first-order valence-corrected chi connectivity index (χ1v) is 8.41. The Bertz CT molecular complexity index is 760. The maximum absolute atomic E-state index is 12.4. The molecule has 2 rings (SSSR count). The average molecular weight is 381 g/mol. The van der Waals surface area contributed by atoms with E-state index in [2.05, 4.69) is 4.99 Å². The van der Waals surface area contributed by atoms with Gasteiger partial charge in [-0.1, -0.05) is 29.8 Å². The lowest BCUT2D eigenvalue weighted by Crippen LogP contribution is -2.36. The Morgan fingerprint density at radius 3 is 2.62 bits per heavy atom. The number of rotatable bonds is 7. The van der Waals surface area contributed by atoms with Gasteiger partial charge in [0.1, 0.15) is 5.92 Å². The highest BCUT2D eigenvalue weighted by Crippen LogP contribution is 2.42. The number of carboxylic acid groups (broad SMARTS) is 1. The predicted octanol–water partition coefficient (Wildman–Crippen LogP) is 2.00. The van der Waals surface area contributed by atoms with Crippen LogP contribution in [0, 0.1) is 5.92 Å². The van der Waals surface area contributed by atoms with Crippen LogP contribution in [0.1, 0.15) is 18.4 Å². The first-order chi connectivity index (χ1) is 12.4. The van der Waals surface area contributed by atoms with E-state index in [9.17, 15) is 14.7 Å². The number of halogens is 1. The van der Waals surface area contributed by atoms with Gasteiger partial charge in [0.2, 0.25) is 0 Å². The summed E-state index contributed by atoms with van der Waals surface area (Å²) < 4.78 is 10.3. The molecule has 1 aromatic rings. The van der Waals surface area contributed by atoms with Crippen LogP contribution in [0.3, 0.4) is 0 Å². The molecule has 8 heteroatoms.